The van der Waals surface area contributed by atoms with Crippen molar-refractivity contribution in [2.45, 2.75) is 45.8 Å². The van der Waals surface area contributed by atoms with Gasteiger partial charge in [0, 0.05) is 13.1 Å². The Balaban J connectivity index is 2.19. The third-order valence-electron chi connectivity index (χ3n) is 3.79. The minimum Gasteiger partial charge on any atom is -0.491 e. The Labute approximate surface area is 128 Å². The summed E-state index contributed by atoms with van der Waals surface area (Å²) in [6.07, 6.45) is 1.00. The average Bonchev–Trinajstić information content (AvgIpc) is 2.48. The molecule has 4 nitrogen and oxygen atoms in total. The van der Waals surface area contributed by atoms with Crippen LogP contribution in [-0.2, 0) is 0 Å². The van der Waals surface area contributed by atoms with Gasteiger partial charge in [-0.1, -0.05) is 44.4 Å². The highest BCUT2D eigenvalue weighted by atomic mass is 16.5. The summed E-state index contributed by atoms with van der Waals surface area (Å²) in [5.74, 6) is 1.08. The van der Waals surface area contributed by atoms with Gasteiger partial charge in [-0.25, -0.2) is 0 Å². The van der Waals surface area contributed by atoms with E-state index in [0.717, 1.165) is 18.6 Å². The fourth-order valence-electron chi connectivity index (χ4n) is 2.28. The highest BCUT2D eigenvalue weighted by Gasteiger charge is 2.15. The molecule has 0 heterocycles. The van der Waals surface area contributed by atoms with Gasteiger partial charge in [-0.15, -0.1) is 0 Å². The summed E-state index contributed by atoms with van der Waals surface area (Å²) in [5, 5.41) is 22.9. The number of hydrogen-bond acceptors (Lipinski definition) is 4. The Kier molecular flexibility index (Phi) is 8.35. The number of rotatable bonds is 10. The van der Waals surface area contributed by atoms with Gasteiger partial charge in [0.05, 0.1) is 6.10 Å². The van der Waals surface area contributed by atoms with Gasteiger partial charge in [-0.3, -0.25) is 0 Å². The van der Waals surface area contributed by atoms with Crippen molar-refractivity contribution in [1.82, 2.24) is 5.32 Å². The molecule has 1 aromatic carbocycles. The van der Waals surface area contributed by atoms with E-state index in [0.29, 0.717) is 19.0 Å². The molecule has 21 heavy (non-hydrogen) atoms. The van der Waals surface area contributed by atoms with Crippen LogP contribution in [0.15, 0.2) is 24.3 Å². The van der Waals surface area contributed by atoms with Crippen LogP contribution < -0.4 is 10.1 Å². The third kappa shape index (κ3) is 6.93. The Hall–Kier alpha value is -1.10. The number of hydrogen-bond donors (Lipinski definition) is 3. The van der Waals surface area contributed by atoms with Crippen LogP contribution in [0.2, 0.25) is 0 Å². The molecule has 0 aromatic heterocycles. The van der Waals surface area contributed by atoms with E-state index in [2.05, 4.69) is 19.2 Å². The lowest BCUT2D eigenvalue weighted by Gasteiger charge is -2.21. The van der Waals surface area contributed by atoms with Gasteiger partial charge in [0.15, 0.2) is 0 Å². The summed E-state index contributed by atoms with van der Waals surface area (Å²) in [6.45, 7) is 7.37. The molecule has 0 aliphatic heterocycles. The molecule has 0 saturated carbocycles. The number of ether oxygens (including phenoxy) is 1. The van der Waals surface area contributed by atoms with E-state index in [1.165, 1.54) is 5.56 Å². The molecule has 0 saturated heterocycles. The average molecular weight is 295 g/mol. The lowest BCUT2D eigenvalue weighted by Crippen LogP contribution is -2.38. The van der Waals surface area contributed by atoms with Crippen LogP contribution >= 0.6 is 0 Å². The van der Waals surface area contributed by atoms with E-state index < -0.39 is 6.10 Å². The molecular formula is C17H29NO3. The second kappa shape index (κ2) is 9.77. The molecule has 0 aliphatic rings. The smallest absolute Gasteiger partial charge is 0.119 e. The van der Waals surface area contributed by atoms with Crippen molar-refractivity contribution < 1.29 is 14.9 Å². The Bertz CT molecular complexity index is 376. The van der Waals surface area contributed by atoms with E-state index in [1.807, 2.05) is 31.2 Å². The van der Waals surface area contributed by atoms with Crippen LogP contribution in [0.3, 0.4) is 0 Å². The van der Waals surface area contributed by atoms with Crippen LogP contribution in [0, 0.1) is 12.8 Å². The lowest BCUT2D eigenvalue weighted by molar-refractivity contribution is 0.0819. The summed E-state index contributed by atoms with van der Waals surface area (Å²) >= 11 is 0. The standard InChI is InChI=1S/C17H29NO3/c1-4-14(5-2)17(20)11-18-10-15(19)12-21-16-8-6-13(3)7-9-16/h6-9,14-15,17-20H,4-5,10-12H2,1-3H3. The van der Waals surface area contributed by atoms with Gasteiger partial charge in [0.25, 0.3) is 0 Å². The van der Waals surface area contributed by atoms with Crippen LogP contribution in [0.1, 0.15) is 32.3 Å². The largest absolute Gasteiger partial charge is 0.491 e. The number of benzene rings is 1. The molecule has 1 aromatic rings. The van der Waals surface area contributed by atoms with Gasteiger partial charge in [-0.2, -0.15) is 0 Å². The number of aryl methyl sites for hydroxylation is 1. The quantitative estimate of drug-likeness (QED) is 0.619. The second-order valence-corrected chi connectivity index (χ2v) is 5.58. The normalized spacial score (nSPS) is 14.2. The fourth-order valence-corrected chi connectivity index (χ4v) is 2.28. The van der Waals surface area contributed by atoms with Crippen LogP contribution in [-0.4, -0.2) is 42.1 Å². The second-order valence-electron chi connectivity index (χ2n) is 5.58. The zero-order valence-electron chi connectivity index (χ0n) is 13.4. The van der Waals surface area contributed by atoms with Crippen molar-refractivity contribution >= 4 is 0 Å². The number of nitrogens with one attached hydrogen (secondary N) is 1. The summed E-state index contributed by atoms with van der Waals surface area (Å²) < 4.78 is 5.52. The maximum Gasteiger partial charge on any atom is 0.119 e. The van der Waals surface area contributed by atoms with E-state index in [-0.39, 0.29) is 12.7 Å². The van der Waals surface area contributed by atoms with Crippen molar-refractivity contribution in [3.8, 4) is 5.75 Å². The first kappa shape index (κ1) is 18.0. The molecule has 4 heteroatoms. The Morgan fingerprint density at radius 1 is 1.05 bits per heavy atom. The molecule has 0 fully saturated rings. The van der Waals surface area contributed by atoms with Gasteiger partial charge in [-0.05, 0) is 25.0 Å². The first-order chi connectivity index (χ1) is 10.1. The Morgan fingerprint density at radius 2 is 1.67 bits per heavy atom. The van der Waals surface area contributed by atoms with Crippen molar-refractivity contribution in [2.24, 2.45) is 5.92 Å². The minimum absolute atomic E-state index is 0.247. The zero-order chi connectivity index (χ0) is 15.7. The van der Waals surface area contributed by atoms with E-state index in [9.17, 15) is 10.2 Å². The highest BCUT2D eigenvalue weighted by Crippen LogP contribution is 2.13. The van der Waals surface area contributed by atoms with Crippen LogP contribution in [0.4, 0.5) is 0 Å². The predicted octanol–water partition coefficient (Wildman–Crippen LogP) is 2.12. The molecular weight excluding hydrogens is 266 g/mol. The molecule has 0 spiro atoms. The SMILES string of the molecule is CCC(CC)C(O)CNCC(O)COc1ccc(C)cc1. The van der Waals surface area contributed by atoms with Crippen LogP contribution in [0.5, 0.6) is 5.75 Å². The molecule has 2 atom stereocenters. The molecule has 2 unspecified atom stereocenters. The van der Waals surface area contributed by atoms with E-state index in [4.69, 9.17) is 4.74 Å². The highest BCUT2D eigenvalue weighted by molar-refractivity contribution is 5.26. The van der Waals surface area contributed by atoms with Crippen molar-refractivity contribution in [3.05, 3.63) is 29.8 Å². The molecule has 3 N–H and O–H groups in total. The first-order valence-electron chi connectivity index (χ1n) is 7.83. The first-order valence-corrected chi connectivity index (χ1v) is 7.83. The minimum atomic E-state index is -0.583. The van der Waals surface area contributed by atoms with Crippen molar-refractivity contribution in [3.63, 3.8) is 0 Å². The molecule has 0 radical (unpaired) electrons. The lowest BCUT2D eigenvalue weighted by atomic mass is 9.96. The zero-order valence-corrected chi connectivity index (χ0v) is 13.4. The monoisotopic (exact) mass is 295 g/mol. The molecule has 0 bridgehead atoms. The van der Waals surface area contributed by atoms with Crippen LogP contribution in [0.25, 0.3) is 0 Å². The maximum absolute atomic E-state index is 9.98. The molecule has 0 aliphatic carbocycles. The van der Waals surface area contributed by atoms with Crippen molar-refractivity contribution in [1.29, 1.82) is 0 Å². The van der Waals surface area contributed by atoms with E-state index in [1.54, 1.807) is 0 Å². The van der Waals surface area contributed by atoms with Crippen molar-refractivity contribution in [2.75, 3.05) is 19.7 Å². The number of aliphatic hydroxyl groups excluding tert-OH is 2. The van der Waals surface area contributed by atoms with E-state index >= 15 is 0 Å². The predicted molar refractivity (Wildman–Crippen MR) is 85.6 cm³/mol. The summed E-state index contributed by atoms with van der Waals surface area (Å²) in [5.41, 5.74) is 1.18. The third-order valence-corrected chi connectivity index (χ3v) is 3.79. The topological polar surface area (TPSA) is 61.7 Å². The fraction of sp³-hybridized carbons (Fsp3) is 0.647. The molecule has 1 rings (SSSR count). The van der Waals surface area contributed by atoms with Gasteiger partial charge >= 0.3 is 0 Å². The summed E-state index contributed by atoms with van der Waals surface area (Å²) in [6, 6.07) is 7.75. The van der Waals surface area contributed by atoms with Gasteiger partial charge < -0.3 is 20.3 Å². The van der Waals surface area contributed by atoms with Gasteiger partial charge in [0.2, 0.25) is 0 Å². The Morgan fingerprint density at radius 3 is 2.24 bits per heavy atom. The molecule has 120 valence electrons. The van der Waals surface area contributed by atoms with Gasteiger partial charge in [0.1, 0.15) is 18.5 Å². The summed E-state index contributed by atoms with van der Waals surface area (Å²) in [7, 11) is 0. The maximum atomic E-state index is 9.98. The summed E-state index contributed by atoms with van der Waals surface area (Å²) in [4.78, 5) is 0. The number of aliphatic hydroxyl groups is 2. The molecule has 0 amide bonds.